The summed E-state index contributed by atoms with van der Waals surface area (Å²) in [5, 5.41) is 10.4. The van der Waals surface area contributed by atoms with E-state index in [0.717, 1.165) is 62.9 Å². The summed E-state index contributed by atoms with van der Waals surface area (Å²) >= 11 is 0. The second-order valence-electron chi connectivity index (χ2n) is 13.3. The smallest absolute Gasteiger partial charge is 0.222 e. The summed E-state index contributed by atoms with van der Waals surface area (Å²) in [6.45, 7) is 9.57. The summed E-state index contributed by atoms with van der Waals surface area (Å²) in [5.74, 6) is 4.56. The van der Waals surface area contributed by atoms with Gasteiger partial charge in [0.15, 0.2) is 0 Å². The molecular weight excluding hydrogens is 410 g/mol. The minimum atomic E-state index is -0.106. The molecule has 1 amide bonds. The number of hydrogen-bond acceptors (Lipinski definition) is 3. The largest absolute Gasteiger partial charge is 0.393 e. The van der Waals surface area contributed by atoms with Crippen LogP contribution >= 0.6 is 0 Å². The first-order valence-corrected chi connectivity index (χ1v) is 14.3. The second kappa shape index (κ2) is 9.12. The first-order valence-electron chi connectivity index (χ1n) is 14.3. The Morgan fingerprint density at radius 2 is 1.73 bits per heavy atom. The van der Waals surface area contributed by atoms with E-state index in [1.807, 2.05) is 7.11 Å². The molecule has 5 fully saturated rings. The average Bonchev–Trinajstić information content (AvgIpc) is 3.45. The Morgan fingerprint density at radius 1 is 1.03 bits per heavy atom. The third kappa shape index (κ3) is 3.99. The second-order valence-corrected chi connectivity index (χ2v) is 13.3. The number of likely N-dealkylation sites (tertiary alicyclic amines) is 1. The van der Waals surface area contributed by atoms with Crippen molar-refractivity contribution in [3.05, 3.63) is 0 Å². The molecule has 0 unspecified atom stereocenters. The standard InChI is InChI=1S/C29H49NO3/c1-19(7-10-26(32)30-15-5-6-16-30)22-8-9-23-27-24(12-14-29(22,23)3)28(2)13-11-21(31)17-20(28)18-25(27)33-4/h19-25,27,31H,5-18H2,1-4H3/t19-,20+,21-,22-,23+,24+,25-,27+,28+,29-/m1/s1. The van der Waals surface area contributed by atoms with Gasteiger partial charge in [-0.3, -0.25) is 4.79 Å². The van der Waals surface area contributed by atoms with Gasteiger partial charge in [-0.15, -0.1) is 0 Å². The van der Waals surface area contributed by atoms with E-state index in [4.69, 9.17) is 4.74 Å². The van der Waals surface area contributed by atoms with Gasteiger partial charge in [0.2, 0.25) is 5.91 Å². The highest BCUT2D eigenvalue weighted by molar-refractivity contribution is 5.76. The molecule has 4 aliphatic carbocycles. The highest BCUT2D eigenvalue weighted by Crippen LogP contribution is 2.68. The van der Waals surface area contributed by atoms with Crippen molar-refractivity contribution >= 4 is 5.91 Å². The molecule has 0 aromatic carbocycles. The van der Waals surface area contributed by atoms with Crippen LogP contribution in [0.15, 0.2) is 0 Å². The van der Waals surface area contributed by atoms with Crippen LogP contribution < -0.4 is 0 Å². The molecule has 0 radical (unpaired) electrons. The van der Waals surface area contributed by atoms with Gasteiger partial charge in [0.25, 0.3) is 0 Å². The molecule has 4 saturated carbocycles. The minimum Gasteiger partial charge on any atom is -0.393 e. The van der Waals surface area contributed by atoms with Crippen LogP contribution in [-0.2, 0) is 9.53 Å². The van der Waals surface area contributed by atoms with Crippen LogP contribution in [0.2, 0.25) is 0 Å². The van der Waals surface area contributed by atoms with Gasteiger partial charge in [0, 0.05) is 26.6 Å². The fraction of sp³-hybridized carbons (Fsp3) is 0.966. The van der Waals surface area contributed by atoms with Crippen molar-refractivity contribution in [3.8, 4) is 0 Å². The third-order valence-corrected chi connectivity index (χ3v) is 12.0. The third-order valence-electron chi connectivity index (χ3n) is 12.0. The Labute approximate surface area is 202 Å². The zero-order valence-corrected chi connectivity index (χ0v) is 21.7. The van der Waals surface area contributed by atoms with Crippen LogP contribution in [0.1, 0.15) is 97.8 Å². The first kappa shape index (κ1) is 24.1. The van der Waals surface area contributed by atoms with Crippen molar-refractivity contribution in [2.75, 3.05) is 20.2 Å². The van der Waals surface area contributed by atoms with Gasteiger partial charge in [-0.1, -0.05) is 20.8 Å². The summed E-state index contributed by atoms with van der Waals surface area (Å²) in [5.41, 5.74) is 0.775. The molecule has 0 spiro atoms. The fourth-order valence-corrected chi connectivity index (χ4v) is 10.1. The number of amides is 1. The molecule has 4 nitrogen and oxygen atoms in total. The Hall–Kier alpha value is -0.610. The highest BCUT2D eigenvalue weighted by atomic mass is 16.5. The zero-order valence-electron chi connectivity index (χ0n) is 21.7. The maximum atomic E-state index is 12.7. The van der Waals surface area contributed by atoms with Gasteiger partial charge in [-0.25, -0.2) is 0 Å². The van der Waals surface area contributed by atoms with Crippen LogP contribution in [0.25, 0.3) is 0 Å². The number of rotatable bonds is 5. The lowest BCUT2D eigenvalue weighted by atomic mass is 9.43. The lowest BCUT2D eigenvalue weighted by Gasteiger charge is -2.63. The van der Waals surface area contributed by atoms with Gasteiger partial charge in [0.05, 0.1) is 12.2 Å². The molecule has 188 valence electrons. The number of nitrogens with zero attached hydrogens (tertiary/aromatic N) is 1. The van der Waals surface area contributed by atoms with Gasteiger partial charge < -0.3 is 14.7 Å². The Kier molecular flexibility index (Phi) is 6.66. The lowest BCUT2D eigenvalue weighted by Crippen LogP contribution is -2.59. The summed E-state index contributed by atoms with van der Waals surface area (Å²) in [7, 11) is 1.94. The number of carbonyl (C=O) groups is 1. The van der Waals surface area contributed by atoms with Crippen molar-refractivity contribution in [2.45, 2.75) is 110 Å². The summed E-state index contributed by atoms with van der Waals surface area (Å²) < 4.78 is 6.24. The van der Waals surface area contributed by atoms with Crippen molar-refractivity contribution in [2.24, 2.45) is 46.3 Å². The fourth-order valence-electron chi connectivity index (χ4n) is 10.1. The number of aliphatic hydroxyl groups is 1. The normalized spacial score (nSPS) is 48.2. The summed E-state index contributed by atoms with van der Waals surface area (Å²) in [4.78, 5) is 14.8. The quantitative estimate of drug-likeness (QED) is 0.576. The van der Waals surface area contributed by atoms with E-state index >= 15 is 0 Å². The monoisotopic (exact) mass is 459 g/mol. The molecule has 0 aromatic rings. The number of fused-ring (bicyclic) bond motifs is 5. The summed E-state index contributed by atoms with van der Waals surface area (Å²) in [6, 6.07) is 0. The van der Waals surface area contributed by atoms with E-state index in [1.54, 1.807) is 0 Å². The predicted molar refractivity (Wildman–Crippen MR) is 132 cm³/mol. The van der Waals surface area contributed by atoms with Gasteiger partial charge in [-0.2, -0.15) is 0 Å². The minimum absolute atomic E-state index is 0.106. The van der Waals surface area contributed by atoms with E-state index in [-0.39, 0.29) is 6.10 Å². The molecule has 4 heteroatoms. The average molecular weight is 460 g/mol. The molecular formula is C29H49NO3. The molecule has 1 saturated heterocycles. The van der Waals surface area contributed by atoms with Gasteiger partial charge >= 0.3 is 0 Å². The van der Waals surface area contributed by atoms with Crippen LogP contribution in [-0.4, -0.2) is 48.3 Å². The van der Waals surface area contributed by atoms with Crippen LogP contribution in [0.3, 0.4) is 0 Å². The van der Waals surface area contributed by atoms with Crippen molar-refractivity contribution < 1.29 is 14.6 Å². The van der Waals surface area contributed by atoms with Crippen LogP contribution in [0.4, 0.5) is 0 Å². The SMILES string of the molecule is CO[C@@H]1C[C@@H]2C[C@H](O)CC[C@]2(C)[C@H]2CC[C@]3(C)[C@@H]([C@H](C)CCC(=O)N4CCCC4)CC[C@H]3[C@H]12. The molecule has 33 heavy (non-hydrogen) atoms. The number of aliphatic hydroxyl groups excluding tert-OH is 1. The van der Waals surface area contributed by atoms with Crippen LogP contribution in [0, 0.1) is 46.3 Å². The van der Waals surface area contributed by atoms with E-state index in [2.05, 4.69) is 25.7 Å². The maximum absolute atomic E-state index is 12.7. The van der Waals surface area contributed by atoms with E-state index in [0.29, 0.717) is 40.6 Å². The van der Waals surface area contributed by atoms with Crippen molar-refractivity contribution in [1.82, 2.24) is 4.90 Å². The molecule has 10 atom stereocenters. The molecule has 0 aromatic heterocycles. The first-order chi connectivity index (χ1) is 15.8. The molecule has 5 rings (SSSR count). The van der Waals surface area contributed by atoms with E-state index in [9.17, 15) is 9.90 Å². The Morgan fingerprint density at radius 3 is 2.45 bits per heavy atom. The van der Waals surface area contributed by atoms with Crippen molar-refractivity contribution in [1.29, 1.82) is 0 Å². The molecule has 1 N–H and O–H groups in total. The molecule has 1 heterocycles. The maximum Gasteiger partial charge on any atom is 0.222 e. The van der Waals surface area contributed by atoms with E-state index < -0.39 is 0 Å². The number of methoxy groups -OCH3 is 1. The number of carbonyl (C=O) groups excluding carboxylic acids is 1. The lowest BCUT2D eigenvalue weighted by molar-refractivity contribution is -0.181. The van der Waals surface area contributed by atoms with Crippen molar-refractivity contribution in [3.63, 3.8) is 0 Å². The Bertz CT molecular complexity index is 720. The van der Waals surface area contributed by atoms with E-state index in [1.165, 1.54) is 44.9 Å². The number of ether oxygens (including phenoxy) is 1. The van der Waals surface area contributed by atoms with Gasteiger partial charge in [0.1, 0.15) is 0 Å². The molecule has 0 bridgehead atoms. The molecule has 5 aliphatic rings. The summed E-state index contributed by atoms with van der Waals surface area (Å²) in [6.07, 6.45) is 14.1. The zero-order chi connectivity index (χ0) is 23.4. The number of hydrogen-bond donors (Lipinski definition) is 1. The van der Waals surface area contributed by atoms with Gasteiger partial charge in [-0.05, 0) is 117 Å². The Balaban J connectivity index is 1.30. The predicted octanol–water partition coefficient (Wildman–Crippen LogP) is 5.67. The topological polar surface area (TPSA) is 49.8 Å². The molecule has 1 aliphatic heterocycles. The van der Waals surface area contributed by atoms with Crippen LogP contribution in [0.5, 0.6) is 0 Å². The highest BCUT2D eigenvalue weighted by Gasteiger charge is 2.63.